The van der Waals surface area contributed by atoms with Gasteiger partial charge in [-0.05, 0) is 12.3 Å². The fourth-order valence-electron chi connectivity index (χ4n) is 0.444. The van der Waals surface area contributed by atoms with E-state index in [0.717, 1.165) is 14.7 Å². The van der Waals surface area contributed by atoms with Crippen molar-refractivity contribution >= 4 is 14.6 Å². The number of hydrogen-bond acceptors (Lipinski definition) is 2. The third-order valence-electron chi connectivity index (χ3n) is 0.834. The van der Waals surface area contributed by atoms with Crippen LogP contribution in [0.1, 0.15) is 13.8 Å². The van der Waals surface area contributed by atoms with Gasteiger partial charge in [-0.2, -0.15) is 0 Å². The van der Waals surface area contributed by atoms with Crippen molar-refractivity contribution in [3.63, 3.8) is 0 Å². The van der Waals surface area contributed by atoms with Crippen molar-refractivity contribution in [3.8, 4) is 0 Å². The molecule has 0 aliphatic carbocycles. The summed E-state index contributed by atoms with van der Waals surface area (Å²) in [5.41, 5.74) is 0. The first-order valence-corrected chi connectivity index (χ1v) is 4.53. The topological polar surface area (TPSA) is 26.3 Å². The molecule has 0 rings (SSSR count). The summed E-state index contributed by atoms with van der Waals surface area (Å²) in [6, 6.07) is 0. The van der Waals surface area contributed by atoms with Gasteiger partial charge in [0.25, 0.3) is 0 Å². The molecule has 0 radical (unpaired) electrons. The standard InChI is InChI=1S/C6H13O2P/c1-3-9-5-4-8-6(2)7/h9H,3-5H2,1-2H3. The molecule has 0 N–H and O–H groups in total. The smallest absolute Gasteiger partial charge is 0.302 e. The molecule has 54 valence electrons. The second-order valence-corrected chi connectivity index (χ2v) is 3.40. The number of rotatable bonds is 4. The summed E-state index contributed by atoms with van der Waals surface area (Å²) >= 11 is 0. The van der Waals surface area contributed by atoms with E-state index in [1.54, 1.807) is 0 Å². The van der Waals surface area contributed by atoms with Crippen LogP contribution in [0.3, 0.4) is 0 Å². The maximum atomic E-state index is 10.2. The first-order chi connectivity index (χ1) is 4.27. The van der Waals surface area contributed by atoms with Gasteiger partial charge in [0.05, 0.1) is 6.61 Å². The van der Waals surface area contributed by atoms with E-state index in [0.29, 0.717) is 6.61 Å². The normalized spacial score (nSPS) is 10.4. The van der Waals surface area contributed by atoms with E-state index in [2.05, 4.69) is 6.92 Å². The third kappa shape index (κ3) is 7.90. The van der Waals surface area contributed by atoms with Crippen LogP contribution in [0, 0.1) is 0 Å². The van der Waals surface area contributed by atoms with Gasteiger partial charge in [-0.1, -0.05) is 6.92 Å². The van der Waals surface area contributed by atoms with E-state index < -0.39 is 0 Å². The van der Waals surface area contributed by atoms with Crippen molar-refractivity contribution in [2.24, 2.45) is 0 Å². The molecule has 0 heterocycles. The second-order valence-electron chi connectivity index (χ2n) is 1.69. The van der Waals surface area contributed by atoms with E-state index in [-0.39, 0.29) is 5.97 Å². The molecule has 0 aromatic rings. The fourth-order valence-corrected chi connectivity index (χ4v) is 1.04. The third-order valence-corrected chi connectivity index (χ3v) is 1.89. The number of carbonyl (C=O) groups excluding carboxylic acids is 1. The SMILES string of the molecule is CCPCCOC(C)=O. The Balaban J connectivity index is 2.83. The Labute approximate surface area is 57.8 Å². The highest BCUT2D eigenvalue weighted by molar-refractivity contribution is 7.37. The Hall–Kier alpha value is -0.100. The molecule has 0 bridgehead atoms. The van der Waals surface area contributed by atoms with Gasteiger partial charge in [0.15, 0.2) is 0 Å². The summed E-state index contributed by atoms with van der Waals surface area (Å²) in [5.74, 6) is -0.170. The van der Waals surface area contributed by atoms with E-state index in [1.807, 2.05) is 0 Å². The molecule has 1 unspecified atom stereocenters. The van der Waals surface area contributed by atoms with E-state index in [4.69, 9.17) is 4.74 Å². The minimum Gasteiger partial charge on any atom is -0.466 e. The average Bonchev–Trinajstić information content (AvgIpc) is 1.80. The molecule has 2 nitrogen and oxygen atoms in total. The van der Waals surface area contributed by atoms with Crippen LogP contribution in [0.2, 0.25) is 0 Å². The van der Waals surface area contributed by atoms with Gasteiger partial charge in [-0.3, -0.25) is 4.79 Å². The summed E-state index contributed by atoms with van der Waals surface area (Å²) in [4.78, 5) is 10.2. The van der Waals surface area contributed by atoms with Crippen LogP contribution in [-0.4, -0.2) is 24.9 Å². The van der Waals surface area contributed by atoms with Crippen LogP contribution < -0.4 is 0 Å². The van der Waals surface area contributed by atoms with Gasteiger partial charge in [-0.25, -0.2) is 0 Å². The zero-order valence-electron chi connectivity index (χ0n) is 5.94. The van der Waals surface area contributed by atoms with Crippen molar-refractivity contribution < 1.29 is 9.53 Å². The lowest BCUT2D eigenvalue weighted by Crippen LogP contribution is -2.01. The molecule has 0 aromatic heterocycles. The molecular formula is C6H13O2P. The van der Waals surface area contributed by atoms with Gasteiger partial charge >= 0.3 is 5.97 Å². The minimum atomic E-state index is -0.170. The molecule has 9 heavy (non-hydrogen) atoms. The molecule has 0 saturated heterocycles. The van der Waals surface area contributed by atoms with Crippen molar-refractivity contribution in [3.05, 3.63) is 0 Å². The summed E-state index contributed by atoms with van der Waals surface area (Å²) in [5, 5.41) is 0. The molecular weight excluding hydrogens is 135 g/mol. The van der Waals surface area contributed by atoms with Gasteiger partial charge < -0.3 is 4.74 Å². The highest BCUT2D eigenvalue weighted by Crippen LogP contribution is 2.06. The highest BCUT2D eigenvalue weighted by atomic mass is 31.1. The van der Waals surface area contributed by atoms with Crippen LogP contribution in [0.25, 0.3) is 0 Å². The molecule has 0 aromatic carbocycles. The molecule has 0 saturated carbocycles. The van der Waals surface area contributed by atoms with Crippen LogP contribution in [0.5, 0.6) is 0 Å². The van der Waals surface area contributed by atoms with Crippen LogP contribution in [0.15, 0.2) is 0 Å². The summed E-state index contributed by atoms with van der Waals surface area (Å²) in [7, 11) is 0.937. The number of carbonyl (C=O) groups is 1. The Bertz CT molecular complexity index is 83.1. The zero-order valence-corrected chi connectivity index (χ0v) is 6.94. The second kappa shape index (κ2) is 6.03. The Morgan fingerprint density at radius 1 is 1.67 bits per heavy atom. The molecule has 1 atom stereocenters. The Kier molecular flexibility index (Phi) is 5.96. The van der Waals surface area contributed by atoms with Crippen molar-refractivity contribution in [2.75, 3.05) is 18.9 Å². The maximum absolute atomic E-state index is 10.2. The predicted molar refractivity (Wildman–Crippen MR) is 40.4 cm³/mol. The molecule has 0 spiro atoms. The highest BCUT2D eigenvalue weighted by Gasteiger charge is 1.89. The average molecular weight is 148 g/mol. The lowest BCUT2D eigenvalue weighted by Gasteiger charge is -1.98. The van der Waals surface area contributed by atoms with Gasteiger partial charge in [0, 0.05) is 6.92 Å². The lowest BCUT2D eigenvalue weighted by atomic mass is 10.8. The molecule has 3 heteroatoms. The van der Waals surface area contributed by atoms with Crippen LogP contribution in [-0.2, 0) is 9.53 Å². The fraction of sp³-hybridized carbons (Fsp3) is 0.833. The van der Waals surface area contributed by atoms with Gasteiger partial charge in [-0.15, -0.1) is 8.58 Å². The Morgan fingerprint density at radius 2 is 2.33 bits per heavy atom. The van der Waals surface area contributed by atoms with Crippen molar-refractivity contribution in [2.45, 2.75) is 13.8 Å². The van der Waals surface area contributed by atoms with Crippen LogP contribution in [0.4, 0.5) is 0 Å². The Morgan fingerprint density at radius 3 is 2.78 bits per heavy atom. The number of hydrogen-bond donors (Lipinski definition) is 0. The first-order valence-electron chi connectivity index (χ1n) is 3.11. The molecule has 0 aliphatic rings. The van der Waals surface area contributed by atoms with Gasteiger partial charge in [0.2, 0.25) is 0 Å². The van der Waals surface area contributed by atoms with E-state index in [9.17, 15) is 4.79 Å². The summed E-state index contributed by atoms with van der Waals surface area (Å²) in [6.45, 7) is 4.17. The van der Waals surface area contributed by atoms with E-state index >= 15 is 0 Å². The number of ether oxygens (including phenoxy) is 1. The van der Waals surface area contributed by atoms with Gasteiger partial charge in [0.1, 0.15) is 0 Å². The number of esters is 1. The quantitative estimate of drug-likeness (QED) is 0.340. The molecule has 0 fully saturated rings. The predicted octanol–water partition coefficient (Wildman–Crippen LogP) is 1.25. The van der Waals surface area contributed by atoms with Crippen molar-refractivity contribution in [1.29, 1.82) is 0 Å². The molecule has 0 amide bonds. The first kappa shape index (κ1) is 8.90. The largest absolute Gasteiger partial charge is 0.466 e. The minimum absolute atomic E-state index is 0.170. The maximum Gasteiger partial charge on any atom is 0.302 e. The van der Waals surface area contributed by atoms with Crippen LogP contribution >= 0.6 is 8.58 Å². The zero-order chi connectivity index (χ0) is 7.11. The van der Waals surface area contributed by atoms with Crippen molar-refractivity contribution in [1.82, 2.24) is 0 Å². The molecule has 0 aliphatic heterocycles. The monoisotopic (exact) mass is 148 g/mol. The summed E-state index contributed by atoms with van der Waals surface area (Å²) < 4.78 is 4.71. The lowest BCUT2D eigenvalue weighted by molar-refractivity contribution is -0.140. The summed E-state index contributed by atoms with van der Waals surface area (Å²) in [6.07, 6.45) is 2.22. The van der Waals surface area contributed by atoms with E-state index in [1.165, 1.54) is 13.1 Å².